The molecule has 0 amide bonds. The number of ether oxygens (including phenoxy) is 1. The Balaban J connectivity index is 1.77. The topological polar surface area (TPSA) is 81.4 Å². The minimum absolute atomic E-state index is 0.0833. The van der Waals surface area contributed by atoms with Crippen LogP contribution < -0.4 is 4.74 Å². The molecule has 0 fully saturated rings. The van der Waals surface area contributed by atoms with Gasteiger partial charge in [0.05, 0.1) is 31.8 Å². The number of aromatic nitrogens is 2. The van der Waals surface area contributed by atoms with Gasteiger partial charge in [0.1, 0.15) is 6.61 Å². The first-order chi connectivity index (χ1) is 15.5. The SMILES string of the molecule is CC(C)(O)COc1cc(-c2ccc(-c3cccc(S(C)(=O)=O)c3)s2)n(-c2ccccc2Cl)n1. The minimum Gasteiger partial charge on any atom is -0.474 e. The third-order valence-electron chi connectivity index (χ3n) is 4.75. The summed E-state index contributed by atoms with van der Waals surface area (Å²) in [5, 5.41) is 15.1. The predicted octanol–water partition coefficient (Wildman–Crippen LogP) is 5.47. The highest BCUT2D eigenvalue weighted by molar-refractivity contribution is 7.90. The third-order valence-corrected chi connectivity index (χ3v) is 7.33. The third kappa shape index (κ3) is 5.47. The number of nitrogens with zero attached hydrogens (tertiary/aromatic N) is 2. The van der Waals surface area contributed by atoms with Gasteiger partial charge in [0, 0.05) is 17.2 Å². The quantitative estimate of drug-likeness (QED) is 0.362. The Morgan fingerprint density at radius 3 is 2.48 bits per heavy atom. The van der Waals surface area contributed by atoms with E-state index in [2.05, 4.69) is 5.10 Å². The summed E-state index contributed by atoms with van der Waals surface area (Å²) in [4.78, 5) is 2.10. The van der Waals surface area contributed by atoms with E-state index in [-0.39, 0.29) is 11.5 Å². The number of benzene rings is 2. The molecule has 2 heterocycles. The molecule has 4 aromatic rings. The Labute approximate surface area is 202 Å². The molecular formula is C24H23ClN2O4S2. The fourth-order valence-electron chi connectivity index (χ4n) is 3.17. The second-order valence-electron chi connectivity index (χ2n) is 8.30. The van der Waals surface area contributed by atoms with Crippen molar-refractivity contribution in [2.75, 3.05) is 12.9 Å². The number of sulfone groups is 1. The van der Waals surface area contributed by atoms with Gasteiger partial charge in [-0.15, -0.1) is 16.4 Å². The molecule has 4 rings (SSSR count). The van der Waals surface area contributed by atoms with Gasteiger partial charge in [-0.2, -0.15) is 0 Å². The van der Waals surface area contributed by atoms with E-state index < -0.39 is 15.4 Å². The fourth-order valence-corrected chi connectivity index (χ4v) is 5.06. The number of halogens is 1. The standard InChI is InChI=1S/C24H23ClN2O4S2/c1-24(2,28)15-31-23-14-20(27(26-23)19-10-5-4-9-18(19)25)22-12-11-21(32-22)16-7-6-8-17(13-16)33(3,29)30/h4-14,28H,15H2,1-3H3. The van der Waals surface area contributed by atoms with Gasteiger partial charge in [-0.25, -0.2) is 13.1 Å². The van der Waals surface area contributed by atoms with E-state index in [1.807, 2.05) is 36.4 Å². The molecule has 33 heavy (non-hydrogen) atoms. The maximum atomic E-state index is 12.0. The predicted molar refractivity (Wildman–Crippen MR) is 132 cm³/mol. The summed E-state index contributed by atoms with van der Waals surface area (Å²) in [7, 11) is -3.30. The first-order valence-corrected chi connectivity index (χ1v) is 13.2. The van der Waals surface area contributed by atoms with E-state index in [1.54, 1.807) is 48.9 Å². The molecule has 0 radical (unpaired) electrons. The number of rotatable bonds is 7. The van der Waals surface area contributed by atoms with Crippen LogP contribution in [0, 0.1) is 0 Å². The van der Waals surface area contributed by atoms with E-state index >= 15 is 0 Å². The van der Waals surface area contributed by atoms with Gasteiger partial charge in [0.15, 0.2) is 9.84 Å². The molecule has 0 aliphatic heterocycles. The monoisotopic (exact) mass is 502 g/mol. The highest BCUT2D eigenvalue weighted by atomic mass is 35.5. The second kappa shape index (κ2) is 8.95. The molecule has 0 aliphatic carbocycles. The number of para-hydroxylation sites is 1. The summed E-state index contributed by atoms with van der Waals surface area (Å²) in [6.45, 7) is 3.41. The van der Waals surface area contributed by atoms with Crippen molar-refractivity contribution in [1.29, 1.82) is 0 Å². The molecule has 0 bridgehead atoms. The lowest BCUT2D eigenvalue weighted by atomic mass is 10.2. The summed E-state index contributed by atoms with van der Waals surface area (Å²) in [6, 6.07) is 20.0. The van der Waals surface area contributed by atoms with Gasteiger partial charge >= 0.3 is 0 Å². The van der Waals surface area contributed by atoms with E-state index in [0.717, 1.165) is 21.0 Å². The summed E-state index contributed by atoms with van der Waals surface area (Å²) in [5.74, 6) is 0.362. The molecule has 9 heteroatoms. The molecule has 172 valence electrons. The Hall–Kier alpha value is -2.65. The Kier molecular flexibility index (Phi) is 6.37. The zero-order valence-electron chi connectivity index (χ0n) is 18.3. The number of hydrogen-bond donors (Lipinski definition) is 1. The van der Waals surface area contributed by atoms with Gasteiger partial charge in [-0.05, 0) is 55.8 Å². The second-order valence-corrected chi connectivity index (χ2v) is 11.8. The van der Waals surface area contributed by atoms with Crippen LogP contribution in [0.1, 0.15) is 13.8 Å². The van der Waals surface area contributed by atoms with E-state index in [1.165, 1.54) is 17.6 Å². The smallest absolute Gasteiger partial charge is 0.233 e. The van der Waals surface area contributed by atoms with Crippen LogP contribution in [0.4, 0.5) is 0 Å². The van der Waals surface area contributed by atoms with Crippen molar-refractivity contribution in [2.45, 2.75) is 24.3 Å². The Bertz CT molecular complexity index is 1400. The number of thiophene rings is 1. The lowest BCUT2D eigenvalue weighted by Gasteiger charge is -2.16. The van der Waals surface area contributed by atoms with Gasteiger partial charge in [-0.3, -0.25) is 0 Å². The molecule has 0 aliphatic rings. The molecule has 6 nitrogen and oxygen atoms in total. The summed E-state index contributed by atoms with van der Waals surface area (Å²) in [5.41, 5.74) is 1.27. The summed E-state index contributed by atoms with van der Waals surface area (Å²) < 4.78 is 31.4. The van der Waals surface area contributed by atoms with Crippen LogP contribution in [0.15, 0.2) is 71.6 Å². The first kappa shape index (κ1) is 23.5. The van der Waals surface area contributed by atoms with Gasteiger partial charge in [0.25, 0.3) is 0 Å². The fraction of sp³-hybridized carbons (Fsp3) is 0.208. The zero-order chi connectivity index (χ0) is 23.8. The Morgan fingerprint density at radius 2 is 1.79 bits per heavy atom. The molecule has 1 N–H and O–H groups in total. The van der Waals surface area contributed by atoms with Crippen LogP contribution >= 0.6 is 22.9 Å². The van der Waals surface area contributed by atoms with Crippen molar-refractivity contribution in [3.63, 3.8) is 0 Å². The summed E-state index contributed by atoms with van der Waals surface area (Å²) >= 11 is 7.95. The molecule has 0 unspecified atom stereocenters. The van der Waals surface area contributed by atoms with Crippen LogP contribution in [0.2, 0.25) is 5.02 Å². The lowest BCUT2D eigenvalue weighted by Crippen LogP contribution is -2.28. The summed E-state index contributed by atoms with van der Waals surface area (Å²) in [6.07, 6.45) is 1.20. The minimum atomic E-state index is -3.30. The van der Waals surface area contributed by atoms with E-state index in [9.17, 15) is 13.5 Å². The van der Waals surface area contributed by atoms with Crippen LogP contribution in [0.5, 0.6) is 5.88 Å². The highest BCUT2D eigenvalue weighted by Crippen LogP contribution is 2.38. The highest BCUT2D eigenvalue weighted by Gasteiger charge is 2.20. The molecule has 0 saturated heterocycles. The van der Waals surface area contributed by atoms with Gasteiger partial charge in [-0.1, -0.05) is 35.9 Å². The first-order valence-electron chi connectivity index (χ1n) is 10.1. The molecule has 0 atom stereocenters. The largest absolute Gasteiger partial charge is 0.474 e. The Morgan fingerprint density at radius 1 is 1.06 bits per heavy atom. The van der Waals surface area contributed by atoms with Crippen LogP contribution in [0.25, 0.3) is 26.7 Å². The van der Waals surface area contributed by atoms with Gasteiger partial charge in [0.2, 0.25) is 5.88 Å². The van der Waals surface area contributed by atoms with Crippen molar-refractivity contribution in [3.8, 4) is 32.6 Å². The van der Waals surface area contributed by atoms with Crippen molar-refractivity contribution < 1.29 is 18.3 Å². The van der Waals surface area contributed by atoms with Crippen molar-refractivity contribution in [1.82, 2.24) is 9.78 Å². The van der Waals surface area contributed by atoms with E-state index in [4.69, 9.17) is 16.3 Å². The average molecular weight is 503 g/mol. The molecule has 2 aromatic heterocycles. The maximum absolute atomic E-state index is 12.0. The molecule has 2 aromatic carbocycles. The molecular weight excluding hydrogens is 480 g/mol. The lowest BCUT2D eigenvalue weighted by molar-refractivity contribution is 0.0267. The average Bonchev–Trinajstić information content (AvgIpc) is 3.39. The maximum Gasteiger partial charge on any atom is 0.233 e. The van der Waals surface area contributed by atoms with Crippen molar-refractivity contribution in [2.24, 2.45) is 0 Å². The number of hydrogen-bond acceptors (Lipinski definition) is 6. The van der Waals surface area contributed by atoms with Crippen LogP contribution in [0.3, 0.4) is 0 Å². The van der Waals surface area contributed by atoms with Crippen LogP contribution in [-0.2, 0) is 9.84 Å². The normalized spacial score (nSPS) is 12.2. The number of aliphatic hydroxyl groups is 1. The molecule has 0 saturated carbocycles. The van der Waals surface area contributed by atoms with Crippen molar-refractivity contribution in [3.05, 3.63) is 71.8 Å². The van der Waals surface area contributed by atoms with Gasteiger partial charge < -0.3 is 9.84 Å². The molecule has 0 spiro atoms. The zero-order valence-corrected chi connectivity index (χ0v) is 20.7. The van der Waals surface area contributed by atoms with Crippen molar-refractivity contribution >= 4 is 32.8 Å². The van der Waals surface area contributed by atoms with Crippen LogP contribution in [-0.4, -0.2) is 41.8 Å². The van der Waals surface area contributed by atoms with E-state index in [0.29, 0.717) is 16.6 Å².